The Bertz CT molecular complexity index is 413. The summed E-state index contributed by atoms with van der Waals surface area (Å²) in [6.07, 6.45) is 11.6. The number of nitrogens with zero attached hydrogens (tertiary/aromatic N) is 2. The van der Waals surface area contributed by atoms with Crippen molar-refractivity contribution >= 4 is 0 Å². The first-order chi connectivity index (χ1) is 9.23. The van der Waals surface area contributed by atoms with Crippen LogP contribution in [0.4, 0.5) is 0 Å². The van der Waals surface area contributed by atoms with Gasteiger partial charge in [-0.05, 0) is 38.2 Å². The van der Waals surface area contributed by atoms with Crippen molar-refractivity contribution in [3.05, 3.63) is 18.0 Å². The molecule has 3 rings (SSSR count). The van der Waals surface area contributed by atoms with Gasteiger partial charge < -0.3 is 10.5 Å². The van der Waals surface area contributed by atoms with E-state index in [1.54, 1.807) is 7.11 Å². The number of methoxy groups -OCH3 is 1. The molecule has 0 bridgehead atoms. The maximum atomic E-state index is 6.34. The third-order valence-corrected chi connectivity index (χ3v) is 5.07. The van der Waals surface area contributed by atoms with E-state index in [0.717, 1.165) is 25.0 Å². The van der Waals surface area contributed by atoms with Crippen molar-refractivity contribution in [2.45, 2.75) is 69.1 Å². The van der Waals surface area contributed by atoms with E-state index in [1.165, 1.54) is 32.1 Å². The Morgan fingerprint density at radius 2 is 2.16 bits per heavy atom. The summed E-state index contributed by atoms with van der Waals surface area (Å²) in [5.41, 5.74) is 7.37. The molecule has 0 aromatic carbocycles. The maximum Gasteiger partial charge on any atom is 0.0832 e. The van der Waals surface area contributed by atoms with Crippen LogP contribution in [0.2, 0.25) is 0 Å². The minimum Gasteiger partial charge on any atom is -0.377 e. The summed E-state index contributed by atoms with van der Waals surface area (Å²) >= 11 is 0. The summed E-state index contributed by atoms with van der Waals surface area (Å²) in [7, 11) is 1.79. The number of rotatable bonds is 5. The molecule has 4 heteroatoms. The SMILES string of the molecule is COC1(C(N)Cc2ccn(C3CCCC3)n2)CCC1. The van der Waals surface area contributed by atoms with Crippen molar-refractivity contribution in [3.8, 4) is 0 Å². The van der Waals surface area contributed by atoms with Crippen LogP contribution in [0.3, 0.4) is 0 Å². The molecule has 2 fully saturated rings. The molecule has 2 N–H and O–H groups in total. The van der Waals surface area contributed by atoms with E-state index < -0.39 is 0 Å². The van der Waals surface area contributed by atoms with E-state index in [9.17, 15) is 0 Å². The number of hydrogen-bond donors (Lipinski definition) is 1. The van der Waals surface area contributed by atoms with Gasteiger partial charge in [-0.15, -0.1) is 0 Å². The summed E-state index contributed by atoms with van der Waals surface area (Å²) < 4.78 is 7.80. The van der Waals surface area contributed by atoms with Gasteiger partial charge in [0.1, 0.15) is 0 Å². The maximum absolute atomic E-state index is 6.34. The highest BCUT2D eigenvalue weighted by molar-refractivity contribution is 5.08. The van der Waals surface area contributed by atoms with Crippen molar-refractivity contribution in [2.24, 2.45) is 5.73 Å². The summed E-state index contributed by atoms with van der Waals surface area (Å²) in [5, 5.41) is 4.72. The van der Waals surface area contributed by atoms with Gasteiger partial charge in [0.25, 0.3) is 0 Å². The molecule has 0 radical (unpaired) electrons. The van der Waals surface area contributed by atoms with Crippen molar-refractivity contribution in [1.82, 2.24) is 9.78 Å². The highest BCUT2D eigenvalue weighted by atomic mass is 16.5. The Morgan fingerprint density at radius 1 is 1.42 bits per heavy atom. The van der Waals surface area contributed by atoms with Gasteiger partial charge in [-0.2, -0.15) is 5.10 Å². The van der Waals surface area contributed by atoms with Gasteiger partial charge in [0.15, 0.2) is 0 Å². The van der Waals surface area contributed by atoms with Crippen LogP contribution in [0.15, 0.2) is 12.3 Å². The molecule has 1 unspecified atom stereocenters. The van der Waals surface area contributed by atoms with Gasteiger partial charge in [-0.3, -0.25) is 4.68 Å². The fourth-order valence-corrected chi connectivity index (χ4v) is 3.52. The van der Waals surface area contributed by atoms with E-state index in [4.69, 9.17) is 15.6 Å². The number of ether oxygens (including phenoxy) is 1. The van der Waals surface area contributed by atoms with Crippen molar-refractivity contribution in [1.29, 1.82) is 0 Å². The Kier molecular flexibility index (Phi) is 3.63. The zero-order valence-corrected chi connectivity index (χ0v) is 11.8. The van der Waals surface area contributed by atoms with Crippen LogP contribution in [0.5, 0.6) is 0 Å². The molecule has 1 atom stereocenters. The lowest BCUT2D eigenvalue weighted by Crippen LogP contribution is -2.55. The van der Waals surface area contributed by atoms with Crippen molar-refractivity contribution < 1.29 is 4.74 Å². The van der Waals surface area contributed by atoms with E-state index in [-0.39, 0.29) is 11.6 Å². The highest BCUT2D eigenvalue weighted by Gasteiger charge is 2.42. The average Bonchev–Trinajstić information content (AvgIpc) is 2.97. The molecule has 2 aliphatic rings. The monoisotopic (exact) mass is 263 g/mol. The third kappa shape index (κ3) is 2.43. The molecule has 0 amide bonds. The topological polar surface area (TPSA) is 53.1 Å². The predicted molar refractivity (Wildman–Crippen MR) is 75.0 cm³/mol. The van der Waals surface area contributed by atoms with Crippen LogP contribution in [0.25, 0.3) is 0 Å². The fourth-order valence-electron chi connectivity index (χ4n) is 3.52. The standard InChI is InChI=1S/C15H25N3O/c1-19-15(8-4-9-15)14(16)11-12-7-10-18(17-12)13-5-2-3-6-13/h7,10,13-14H,2-6,8-9,11,16H2,1H3. The second-order valence-electron chi connectivity index (χ2n) is 6.16. The smallest absolute Gasteiger partial charge is 0.0832 e. The second kappa shape index (κ2) is 5.25. The molecule has 2 aliphatic carbocycles. The number of aromatic nitrogens is 2. The first-order valence-electron chi connectivity index (χ1n) is 7.58. The zero-order valence-electron chi connectivity index (χ0n) is 11.8. The zero-order chi connectivity index (χ0) is 13.3. The third-order valence-electron chi connectivity index (χ3n) is 5.07. The molecule has 0 aliphatic heterocycles. The van der Waals surface area contributed by atoms with E-state index >= 15 is 0 Å². The van der Waals surface area contributed by atoms with Crippen molar-refractivity contribution in [3.63, 3.8) is 0 Å². The Labute approximate surface area is 115 Å². The largest absolute Gasteiger partial charge is 0.377 e. The molecule has 1 heterocycles. The Morgan fingerprint density at radius 3 is 2.74 bits per heavy atom. The quantitative estimate of drug-likeness (QED) is 0.887. The molecule has 1 aromatic rings. The van der Waals surface area contributed by atoms with Crippen LogP contribution in [0, 0.1) is 0 Å². The Hall–Kier alpha value is -0.870. The lowest BCUT2D eigenvalue weighted by atomic mass is 9.73. The summed E-state index contributed by atoms with van der Waals surface area (Å²) in [5.74, 6) is 0. The van der Waals surface area contributed by atoms with Gasteiger partial charge in [-0.1, -0.05) is 12.8 Å². The molecule has 0 spiro atoms. The molecular weight excluding hydrogens is 238 g/mol. The minimum atomic E-state index is -0.0862. The summed E-state index contributed by atoms with van der Waals surface area (Å²) in [4.78, 5) is 0. The molecule has 1 aromatic heterocycles. The van der Waals surface area contributed by atoms with Crippen LogP contribution in [-0.4, -0.2) is 28.5 Å². The molecular formula is C15H25N3O. The van der Waals surface area contributed by atoms with Gasteiger partial charge in [-0.25, -0.2) is 0 Å². The average molecular weight is 263 g/mol. The lowest BCUT2D eigenvalue weighted by molar-refractivity contribution is -0.0898. The first-order valence-corrected chi connectivity index (χ1v) is 7.58. The number of nitrogens with two attached hydrogens (primary N) is 1. The first kappa shape index (κ1) is 13.1. The summed E-state index contributed by atoms with van der Waals surface area (Å²) in [6, 6.07) is 2.81. The molecule has 2 saturated carbocycles. The van der Waals surface area contributed by atoms with E-state index in [0.29, 0.717) is 6.04 Å². The predicted octanol–water partition coefficient (Wildman–Crippen LogP) is 2.44. The van der Waals surface area contributed by atoms with Crippen molar-refractivity contribution in [2.75, 3.05) is 7.11 Å². The summed E-state index contributed by atoms with van der Waals surface area (Å²) in [6.45, 7) is 0. The second-order valence-corrected chi connectivity index (χ2v) is 6.16. The van der Waals surface area contributed by atoms with Gasteiger partial charge in [0, 0.05) is 25.8 Å². The van der Waals surface area contributed by atoms with E-state index in [1.807, 2.05) is 0 Å². The highest BCUT2D eigenvalue weighted by Crippen LogP contribution is 2.38. The van der Waals surface area contributed by atoms with Gasteiger partial charge in [0.05, 0.1) is 17.3 Å². The Balaban J connectivity index is 1.63. The minimum absolute atomic E-state index is 0.0678. The normalized spacial score (nSPS) is 24.3. The lowest BCUT2D eigenvalue weighted by Gasteiger charge is -2.44. The molecule has 4 nitrogen and oxygen atoms in total. The molecule has 0 saturated heterocycles. The van der Waals surface area contributed by atoms with Crippen LogP contribution in [0.1, 0.15) is 56.7 Å². The fraction of sp³-hybridized carbons (Fsp3) is 0.800. The van der Waals surface area contributed by atoms with Gasteiger partial charge >= 0.3 is 0 Å². The van der Waals surface area contributed by atoms with E-state index in [2.05, 4.69) is 16.9 Å². The molecule has 106 valence electrons. The van der Waals surface area contributed by atoms with Gasteiger partial charge in [0.2, 0.25) is 0 Å². The van der Waals surface area contributed by atoms with Crippen LogP contribution in [-0.2, 0) is 11.2 Å². The molecule has 19 heavy (non-hydrogen) atoms. The number of hydrogen-bond acceptors (Lipinski definition) is 3. The van der Waals surface area contributed by atoms with Crippen LogP contribution >= 0.6 is 0 Å². The van der Waals surface area contributed by atoms with Crippen LogP contribution < -0.4 is 5.73 Å².